The largest absolute Gasteiger partial charge is 0.497 e. The fourth-order valence-corrected chi connectivity index (χ4v) is 4.05. The maximum absolute atomic E-state index is 13.2. The predicted octanol–water partition coefficient (Wildman–Crippen LogP) is 4.56. The van der Waals surface area contributed by atoms with Crippen LogP contribution >= 0.6 is 22.9 Å². The van der Waals surface area contributed by atoms with Gasteiger partial charge in [0.05, 0.1) is 16.8 Å². The highest BCUT2D eigenvalue weighted by molar-refractivity contribution is 7.22. The Hall–Kier alpha value is -2.15. The minimum absolute atomic E-state index is 0.0946. The molecule has 3 aromatic rings. The molecule has 0 radical (unpaired) electrons. The van der Waals surface area contributed by atoms with Gasteiger partial charge in [0.2, 0.25) is 0 Å². The smallest absolute Gasteiger partial charge is 0.260 e. The van der Waals surface area contributed by atoms with Crippen molar-refractivity contribution >= 4 is 44.2 Å². The number of methoxy groups -OCH3 is 1. The van der Waals surface area contributed by atoms with E-state index in [0.29, 0.717) is 28.0 Å². The highest BCUT2D eigenvalue weighted by Crippen LogP contribution is 2.33. The molecule has 7 heteroatoms. The van der Waals surface area contributed by atoms with Crippen LogP contribution in [0.2, 0.25) is 5.02 Å². The van der Waals surface area contributed by atoms with Crippen molar-refractivity contribution in [1.29, 1.82) is 0 Å². The second kappa shape index (κ2) is 8.69. The molecule has 0 aliphatic rings. The molecule has 1 aromatic heterocycles. The normalized spacial score (nSPS) is 11.1. The van der Waals surface area contributed by atoms with Gasteiger partial charge < -0.3 is 9.64 Å². The monoisotopic (exact) mass is 403 g/mol. The van der Waals surface area contributed by atoms with Gasteiger partial charge in [-0.05, 0) is 57.4 Å². The Kier molecular flexibility index (Phi) is 6.31. The van der Waals surface area contributed by atoms with Gasteiger partial charge in [0.15, 0.2) is 5.13 Å². The quantitative estimate of drug-likeness (QED) is 0.580. The van der Waals surface area contributed by atoms with E-state index in [-0.39, 0.29) is 5.91 Å². The van der Waals surface area contributed by atoms with E-state index in [1.807, 2.05) is 44.4 Å². The molecule has 1 amide bonds. The number of anilines is 1. The summed E-state index contributed by atoms with van der Waals surface area (Å²) in [4.78, 5) is 21.7. The number of hydrogen-bond acceptors (Lipinski definition) is 5. The number of carbonyl (C=O) groups excluding carboxylic acids is 1. The number of carbonyl (C=O) groups is 1. The van der Waals surface area contributed by atoms with Gasteiger partial charge in [0.25, 0.3) is 5.91 Å². The summed E-state index contributed by atoms with van der Waals surface area (Å²) in [7, 11) is 5.63. The first kappa shape index (κ1) is 19.6. The van der Waals surface area contributed by atoms with Crippen LogP contribution in [-0.4, -0.2) is 50.1 Å². The van der Waals surface area contributed by atoms with Gasteiger partial charge >= 0.3 is 0 Å². The van der Waals surface area contributed by atoms with Crippen molar-refractivity contribution in [1.82, 2.24) is 9.88 Å². The van der Waals surface area contributed by atoms with Crippen molar-refractivity contribution < 1.29 is 9.53 Å². The Morgan fingerprint density at radius 1 is 1.19 bits per heavy atom. The van der Waals surface area contributed by atoms with Crippen molar-refractivity contribution in [2.24, 2.45) is 0 Å². The first-order chi connectivity index (χ1) is 13.0. The SMILES string of the molecule is COc1cccc(C(=O)N(CCCN(C)C)c2nc3c(Cl)cccc3s2)c1. The van der Waals surface area contributed by atoms with Crippen molar-refractivity contribution in [3.8, 4) is 5.75 Å². The molecule has 0 saturated heterocycles. The lowest BCUT2D eigenvalue weighted by atomic mass is 10.2. The van der Waals surface area contributed by atoms with E-state index in [2.05, 4.69) is 9.88 Å². The molecule has 0 spiro atoms. The Morgan fingerprint density at radius 3 is 2.67 bits per heavy atom. The second-order valence-corrected chi connectivity index (χ2v) is 7.84. The average Bonchev–Trinajstić information content (AvgIpc) is 3.10. The Balaban J connectivity index is 1.96. The predicted molar refractivity (Wildman–Crippen MR) is 112 cm³/mol. The summed E-state index contributed by atoms with van der Waals surface area (Å²) in [5.74, 6) is 0.560. The molecule has 0 atom stereocenters. The van der Waals surface area contributed by atoms with Gasteiger partial charge in [-0.2, -0.15) is 0 Å². The van der Waals surface area contributed by atoms with Crippen LogP contribution in [0.1, 0.15) is 16.8 Å². The molecule has 3 rings (SSSR count). The number of ether oxygens (including phenoxy) is 1. The van der Waals surface area contributed by atoms with Crippen LogP contribution < -0.4 is 9.64 Å². The van der Waals surface area contributed by atoms with E-state index in [4.69, 9.17) is 16.3 Å². The Bertz CT molecular complexity index is 942. The second-order valence-electron chi connectivity index (χ2n) is 6.43. The third-order valence-electron chi connectivity index (χ3n) is 4.14. The molecule has 0 aliphatic carbocycles. The van der Waals surface area contributed by atoms with E-state index in [1.165, 1.54) is 11.3 Å². The van der Waals surface area contributed by atoms with Crippen molar-refractivity contribution in [2.75, 3.05) is 39.2 Å². The maximum Gasteiger partial charge on any atom is 0.260 e. The zero-order valence-corrected chi connectivity index (χ0v) is 17.2. The molecule has 5 nitrogen and oxygen atoms in total. The molecule has 0 aliphatic heterocycles. The molecule has 0 saturated carbocycles. The first-order valence-electron chi connectivity index (χ1n) is 8.65. The van der Waals surface area contributed by atoms with Crippen LogP contribution in [0, 0.1) is 0 Å². The molecule has 0 bridgehead atoms. The van der Waals surface area contributed by atoms with Crippen LogP contribution in [0.15, 0.2) is 42.5 Å². The van der Waals surface area contributed by atoms with E-state index in [0.717, 1.165) is 23.2 Å². The first-order valence-corrected chi connectivity index (χ1v) is 9.84. The van der Waals surface area contributed by atoms with Crippen LogP contribution in [-0.2, 0) is 0 Å². The van der Waals surface area contributed by atoms with E-state index < -0.39 is 0 Å². The lowest BCUT2D eigenvalue weighted by Gasteiger charge is -2.21. The summed E-state index contributed by atoms with van der Waals surface area (Å²) in [6.45, 7) is 1.46. The minimum Gasteiger partial charge on any atom is -0.497 e. The molecule has 0 N–H and O–H groups in total. The summed E-state index contributed by atoms with van der Waals surface area (Å²) >= 11 is 7.75. The third kappa shape index (κ3) is 4.58. The lowest BCUT2D eigenvalue weighted by molar-refractivity contribution is 0.0985. The number of rotatable bonds is 7. The zero-order chi connectivity index (χ0) is 19.4. The van der Waals surface area contributed by atoms with Crippen LogP contribution in [0.4, 0.5) is 5.13 Å². The van der Waals surface area contributed by atoms with Crippen LogP contribution in [0.3, 0.4) is 0 Å². The molecule has 0 unspecified atom stereocenters. The number of nitrogens with zero attached hydrogens (tertiary/aromatic N) is 3. The summed E-state index contributed by atoms with van der Waals surface area (Å²) in [6.07, 6.45) is 0.840. The van der Waals surface area contributed by atoms with E-state index in [1.54, 1.807) is 24.1 Å². The van der Waals surface area contributed by atoms with Gasteiger partial charge in [-0.1, -0.05) is 35.1 Å². The lowest BCUT2D eigenvalue weighted by Crippen LogP contribution is -2.33. The van der Waals surface area contributed by atoms with Crippen molar-refractivity contribution in [3.63, 3.8) is 0 Å². The number of benzene rings is 2. The minimum atomic E-state index is -0.0946. The molecule has 1 heterocycles. The molecule has 27 heavy (non-hydrogen) atoms. The number of amides is 1. The molecule has 2 aromatic carbocycles. The summed E-state index contributed by atoms with van der Waals surface area (Å²) in [5, 5.41) is 1.25. The fraction of sp³-hybridized carbons (Fsp3) is 0.300. The molecule has 142 valence electrons. The van der Waals surface area contributed by atoms with Crippen molar-refractivity contribution in [2.45, 2.75) is 6.42 Å². The fourth-order valence-electron chi connectivity index (χ4n) is 2.76. The average molecular weight is 404 g/mol. The highest BCUT2D eigenvalue weighted by atomic mass is 35.5. The van der Waals surface area contributed by atoms with Gasteiger partial charge in [0.1, 0.15) is 11.3 Å². The number of aromatic nitrogens is 1. The van der Waals surface area contributed by atoms with Gasteiger partial charge in [-0.25, -0.2) is 4.98 Å². The number of para-hydroxylation sites is 1. The van der Waals surface area contributed by atoms with E-state index in [9.17, 15) is 4.79 Å². The molecular formula is C20H22ClN3O2S. The molecule has 0 fully saturated rings. The van der Waals surface area contributed by atoms with Crippen molar-refractivity contribution in [3.05, 3.63) is 53.1 Å². The summed E-state index contributed by atoms with van der Waals surface area (Å²) in [6, 6.07) is 12.9. The van der Waals surface area contributed by atoms with E-state index >= 15 is 0 Å². The number of fused-ring (bicyclic) bond motifs is 1. The number of thiazole rings is 1. The zero-order valence-electron chi connectivity index (χ0n) is 15.6. The van der Waals surface area contributed by atoms with Gasteiger partial charge in [0, 0.05) is 12.1 Å². The third-order valence-corrected chi connectivity index (χ3v) is 5.49. The van der Waals surface area contributed by atoms with Crippen LogP contribution in [0.25, 0.3) is 10.2 Å². The topological polar surface area (TPSA) is 45.7 Å². The summed E-state index contributed by atoms with van der Waals surface area (Å²) < 4.78 is 6.23. The Morgan fingerprint density at radius 2 is 1.96 bits per heavy atom. The maximum atomic E-state index is 13.2. The van der Waals surface area contributed by atoms with Gasteiger partial charge in [-0.3, -0.25) is 9.69 Å². The van der Waals surface area contributed by atoms with Gasteiger partial charge in [-0.15, -0.1) is 0 Å². The van der Waals surface area contributed by atoms with Crippen LogP contribution in [0.5, 0.6) is 5.75 Å². The Labute approximate surface area is 168 Å². The number of hydrogen-bond donors (Lipinski definition) is 0. The molecular weight excluding hydrogens is 382 g/mol. The number of halogens is 1. The summed E-state index contributed by atoms with van der Waals surface area (Å²) in [5.41, 5.74) is 1.31. The standard InChI is InChI=1S/C20H22ClN3O2S/c1-23(2)11-6-12-24(19(25)14-7-4-8-15(13-14)26-3)20-22-18-16(21)9-5-10-17(18)27-20/h4-5,7-10,13H,6,11-12H2,1-3H3. The highest BCUT2D eigenvalue weighted by Gasteiger charge is 2.22.